The number of sulfonamides is 1. The summed E-state index contributed by atoms with van der Waals surface area (Å²) in [5.74, 6) is 0. The van der Waals surface area contributed by atoms with E-state index in [2.05, 4.69) is 10.0 Å². The summed E-state index contributed by atoms with van der Waals surface area (Å²) in [5, 5.41) is 2.35. The first kappa shape index (κ1) is 16.1. The quantitative estimate of drug-likeness (QED) is 0.899. The van der Waals surface area contributed by atoms with E-state index in [0.717, 1.165) is 19.0 Å². The highest BCUT2D eigenvalue weighted by atomic mass is 32.2. The molecule has 1 saturated heterocycles. The molecule has 0 bridgehead atoms. The van der Waals surface area contributed by atoms with E-state index in [1.54, 1.807) is 0 Å². The average molecular weight is 322 g/mol. The number of rotatable bonds is 3. The SMILES string of the molecule is Cc1ccc(NS(=O)(=O)C2CCCNC2)cc1C(F)(F)F. The lowest BCUT2D eigenvalue weighted by Crippen LogP contribution is -2.41. The Balaban J connectivity index is 2.23. The fourth-order valence-electron chi connectivity index (χ4n) is 2.32. The van der Waals surface area contributed by atoms with Crippen LogP contribution in [0.15, 0.2) is 18.2 Å². The van der Waals surface area contributed by atoms with Crippen molar-refractivity contribution < 1.29 is 21.6 Å². The summed E-state index contributed by atoms with van der Waals surface area (Å²) >= 11 is 0. The molecule has 1 aliphatic heterocycles. The van der Waals surface area contributed by atoms with Gasteiger partial charge < -0.3 is 5.32 Å². The molecular formula is C13H17F3N2O2S. The molecule has 0 aromatic heterocycles. The second-order valence-electron chi connectivity index (χ2n) is 5.14. The Hall–Kier alpha value is -1.28. The molecule has 118 valence electrons. The van der Waals surface area contributed by atoms with Crippen molar-refractivity contribution in [1.29, 1.82) is 0 Å². The number of benzene rings is 1. The summed E-state index contributed by atoms with van der Waals surface area (Å²) in [6.45, 7) is 2.41. The van der Waals surface area contributed by atoms with Crippen molar-refractivity contribution in [2.45, 2.75) is 31.2 Å². The zero-order valence-electron chi connectivity index (χ0n) is 11.5. The van der Waals surface area contributed by atoms with Crippen LogP contribution in [0.1, 0.15) is 24.0 Å². The van der Waals surface area contributed by atoms with E-state index in [1.807, 2.05) is 0 Å². The van der Waals surface area contributed by atoms with Crippen LogP contribution in [0.25, 0.3) is 0 Å². The molecule has 0 spiro atoms. The standard InChI is InChI=1S/C13H17F3N2O2S/c1-9-4-5-10(7-12(9)13(14,15)16)18-21(19,20)11-3-2-6-17-8-11/h4-5,7,11,17-18H,2-3,6,8H2,1H3. The predicted octanol–water partition coefficient (Wildman–Crippen LogP) is 2.51. The summed E-state index contributed by atoms with van der Waals surface area (Å²) in [5.41, 5.74) is -0.826. The Morgan fingerprint density at radius 3 is 2.62 bits per heavy atom. The smallest absolute Gasteiger partial charge is 0.315 e. The molecule has 1 aliphatic rings. The minimum absolute atomic E-state index is 0.0569. The van der Waals surface area contributed by atoms with Gasteiger partial charge in [0.05, 0.1) is 10.8 Å². The van der Waals surface area contributed by atoms with E-state index >= 15 is 0 Å². The van der Waals surface area contributed by atoms with E-state index in [4.69, 9.17) is 0 Å². The van der Waals surface area contributed by atoms with Gasteiger partial charge in [0.25, 0.3) is 0 Å². The highest BCUT2D eigenvalue weighted by Gasteiger charge is 2.33. The number of anilines is 1. The van der Waals surface area contributed by atoms with E-state index in [0.29, 0.717) is 13.0 Å². The van der Waals surface area contributed by atoms with Gasteiger partial charge in [-0.1, -0.05) is 6.07 Å². The van der Waals surface area contributed by atoms with E-state index < -0.39 is 27.0 Å². The molecule has 1 aromatic carbocycles. The topological polar surface area (TPSA) is 58.2 Å². The molecule has 0 radical (unpaired) electrons. The molecule has 1 fully saturated rings. The first-order valence-corrected chi connectivity index (χ1v) is 8.15. The maximum Gasteiger partial charge on any atom is 0.416 e. The number of hydrogen-bond donors (Lipinski definition) is 2. The third-order valence-corrected chi connectivity index (χ3v) is 5.29. The zero-order valence-corrected chi connectivity index (χ0v) is 12.3. The molecule has 0 amide bonds. The molecule has 0 aliphatic carbocycles. The van der Waals surface area contributed by atoms with E-state index in [9.17, 15) is 21.6 Å². The average Bonchev–Trinajstić information content (AvgIpc) is 2.40. The van der Waals surface area contributed by atoms with Crippen molar-refractivity contribution in [2.75, 3.05) is 17.8 Å². The minimum Gasteiger partial charge on any atom is -0.315 e. The van der Waals surface area contributed by atoms with Crippen LogP contribution in [0.4, 0.5) is 18.9 Å². The second-order valence-corrected chi connectivity index (χ2v) is 7.10. The Morgan fingerprint density at radius 1 is 1.33 bits per heavy atom. The Morgan fingerprint density at radius 2 is 2.05 bits per heavy atom. The van der Waals surface area contributed by atoms with E-state index in [1.165, 1.54) is 19.1 Å². The normalized spacial score (nSPS) is 20.3. The number of nitrogens with one attached hydrogen (secondary N) is 2. The lowest BCUT2D eigenvalue weighted by atomic mass is 10.1. The van der Waals surface area contributed by atoms with Crippen molar-refractivity contribution in [3.63, 3.8) is 0 Å². The van der Waals surface area contributed by atoms with Gasteiger partial charge in [-0.05, 0) is 44.0 Å². The predicted molar refractivity (Wildman–Crippen MR) is 74.6 cm³/mol. The molecule has 1 unspecified atom stereocenters. The number of aryl methyl sites for hydroxylation is 1. The van der Waals surface area contributed by atoms with Gasteiger partial charge in [0, 0.05) is 12.2 Å². The third-order valence-electron chi connectivity index (χ3n) is 3.49. The fraction of sp³-hybridized carbons (Fsp3) is 0.538. The lowest BCUT2D eigenvalue weighted by Gasteiger charge is -2.23. The first-order chi connectivity index (χ1) is 9.70. The lowest BCUT2D eigenvalue weighted by molar-refractivity contribution is -0.138. The molecule has 0 saturated carbocycles. The fourth-order valence-corrected chi connectivity index (χ4v) is 3.76. The van der Waals surface area contributed by atoms with Crippen LogP contribution in [-0.2, 0) is 16.2 Å². The summed E-state index contributed by atoms with van der Waals surface area (Å²) in [4.78, 5) is 0. The monoisotopic (exact) mass is 322 g/mol. The summed E-state index contributed by atoms with van der Waals surface area (Å²) in [6, 6.07) is 3.45. The maximum atomic E-state index is 12.8. The summed E-state index contributed by atoms with van der Waals surface area (Å²) in [6.07, 6.45) is -3.27. The van der Waals surface area contributed by atoms with E-state index in [-0.39, 0.29) is 11.3 Å². The summed E-state index contributed by atoms with van der Waals surface area (Å²) < 4.78 is 65.1. The number of piperidine rings is 1. The zero-order chi connectivity index (χ0) is 15.7. The van der Waals surface area contributed by atoms with Crippen molar-refractivity contribution in [3.8, 4) is 0 Å². The van der Waals surface area contributed by atoms with Gasteiger partial charge >= 0.3 is 6.18 Å². The van der Waals surface area contributed by atoms with Gasteiger partial charge in [-0.3, -0.25) is 4.72 Å². The molecular weight excluding hydrogens is 305 g/mol. The highest BCUT2D eigenvalue weighted by molar-refractivity contribution is 7.93. The summed E-state index contributed by atoms with van der Waals surface area (Å²) in [7, 11) is -3.69. The van der Waals surface area contributed by atoms with Crippen LogP contribution in [0.3, 0.4) is 0 Å². The van der Waals surface area contributed by atoms with Crippen LogP contribution < -0.4 is 10.0 Å². The highest BCUT2D eigenvalue weighted by Crippen LogP contribution is 2.33. The van der Waals surface area contributed by atoms with Crippen molar-refractivity contribution >= 4 is 15.7 Å². The molecule has 8 heteroatoms. The number of halogens is 3. The first-order valence-electron chi connectivity index (χ1n) is 6.60. The Bertz CT molecular complexity index is 608. The van der Waals surface area contributed by atoms with Crippen LogP contribution in [0, 0.1) is 6.92 Å². The van der Waals surface area contributed by atoms with Gasteiger partial charge in [-0.15, -0.1) is 0 Å². The van der Waals surface area contributed by atoms with Crippen LogP contribution >= 0.6 is 0 Å². The Kier molecular flexibility index (Phi) is 4.48. The molecule has 1 heterocycles. The number of alkyl halides is 3. The van der Waals surface area contributed by atoms with Gasteiger partial charge in [-0.25, -0.2) is 8.42 Å². The molecule has 2 rings (SSSR count). The molecule has 1 aromatic rings. The van der Waals surface area contributed by atoms with Crippen molar-refractivity contribution in [2.24, 2.45) is 0 Å². The molecule has 1 atom stereocenters. The molecule has 21 heavy (non-hydrogen) atoms. The molecule has 2 N–H and O–H groups in total. The maximum absolute atomic E-state index is 12.8. The van der Waals surface area contributed by atoms with Gasteiger partial charge in [-0.2, -0.15) is 13.2 Å². The van der Waals surface area contributed by atoms with Crippen LogP contribution in [0.5, 0.6) is 0 Å². The van der Waals surface area contributed by atoms with Gasteiger partial charge in [0.2, 0.25) is 10.0 Å². The van der Waals surface area contributed by atoms with Gasteiger partial charge in [0.1, 0.15) is 0 Å². The third kappa shape index (κ3) is 3.88. The van der Waals surface area contributed by atoms with Crippen molar-refractivity contribution in [3.05, 3.63) is 29.3 Å². The van der Waals surface area contributed by atoms with Gasteiger partial charge in [0.15, 0.2) is 0 Å². The van der Waals surface area contributed by atoms with Crippen molar-refractivity contribution in [1.82, 2.24) is 5.32 Å². The van der Waals surface area contributed by atoms with Crippen LogP contribution in [-0.4, -0.2) is 26.8 Å². The largest absolute Gasteiger partial charge is 0.416 e. The van der Waals surface area contributed by atoms with Crippen LogP contribution in [0.2, 0.25) is 0 Å². The number of hydrogen-bond acceptors (Lipinski definition) is 3. The second kappa shape index (κ2) is 5.84. The Labute approximate surface area is 121 Å². The minimum atomic E-state index is -4.50. The molecule has 4 nitrogen and oxygen atoms in total.